The third-order valence-electron chi connectivity index (χ3n) is 4.57. The number of carbonyl (C=O) groups is 1. The Morgan fingerprint density at radius 1 is 1.13 bits per heavy atom. The first-order chi connectivity index (χ1) is 14.1. The molecular weight excluding hydrogens is 456 g/mol. The van der Waals surface area contributed by atoms with Crippen LogP contribution in [0.4, 0.5) is 32.2 Å². The Morgan fingerprint density at radius 2 is 1.74 bits per heavy atom. The maximum absolute atomic E-state index is 13.6. The van der Waals surface area contributed by atoms with Crippen LogP contribution in [-0.4, -0.2) is 43.6 Å². The zero-order valence-corrected chi connectivity index (χ0v) is 16.0. The van der Waals surface area contributed by atoms with Crippen molar-refractivity contribution in [3.8, 4) is 11.1 Å². The molecule has 15 heteroatoms. The van der Waals surface area contributed by atoms with Crippen molar-refractivity contribution in [2.24, 2.45) is 16.8 Å². The molecule has 8 nitrogen and oxygen atoms in total. The molecule has 31 heavy (non-hydrogen) atoms. The predicted octanol–water partition coefficient (Wildman–Crippen LogP) is 1.91. The Balaban J connectivity index is 2.25. The highest BCUT2D eigenvalue weighted by atomic mass is 32.2. The molecule has 0 atom stereocenters. The number of halogens is 6. The summed E-state index contributed by atoms with van der Waals surface area (Å²) in [6, 6.07) is 1.68. The van der Waals surface area contributed by atoms with Crippen LogP contribution in [-0.2, 0) is 16.2 Å². The lowest BCUT2D eigenvalue weighted by molar-refractivity contribution is -0.180. The molecule has 1 aliphatic rings. The van der Waals surface area contributed by atoms with Gasteiger partial charge in [0.1, 0.15) is 5.82 Å². The number of nitrogens with zero attached hydrogens (tertiary/aromatic N) is 3. The molecule has 0 unspecified atom stereocenters. The fraction of sp³-hybridized carbons (Fsp3) is 0.312. The predicted molar refractivity (Wildman–Crippen MR) is 94.1 cm³/mol. The Hall–Kier alpha value is -2.94. The first-order valence-corrected chi connectivity index (χ1v) is 9.86. The summed E-state index contributed by atoms with van der Waals surface area (Å²) in [5.74, 6) is -3.63. The molecule has 1 aliphatic heterocycles. The largest absolute Gasteiger partial charge is 0.418 e. The summed E-state index contributed by atoms with van der Waals surface area (Å²) in [6.45, 7) is -1.28. The van der Waals surface area contributed by atoms with Crippen LogP contribution < -0.4 is 15.8 Å². The SMILES string of the molecule is NC(=O)c1c(N2CC(C(F)(F)F)C2)ncc(C(F)(F)F)c1-c1ccnc(S(N)(=O)=O)c1. The van der Waals surface area contributed by atoms with Crippen molar-refractivity contribution in [3.63, 3.8) is 0 Å². The number of rotatable bonds is 4. The molecular formula is C16H13F6N5O3S. The Bertz CT molecular complexity index is 1140. The van der Waals surface area contributed by atoms with Crippen LogP contribution in [0.25, 0.3) is 11.1 Å². The number of primary amides is 1. The second-order valence-electron chi connectivity index (χ2n) is 6.68. The van der Waals surface area contributed by atoms with Crippen LogP contribution >= 0.6 is 0 Å². The van der Waals surface area contributed by atoms with Crippen molar-refractivity contribution in [2.45, 2.75) is 17.4 Å². The van der Waals surface area contributed by atoms with Crippen molar-refractivity contribution >= 4 is 21.7 Å². The lowest BCUT2D eigenvalue weighted by Crippen LogP contribution is -2.54. The van der Waals surface area contributed by atoms with Crippen LogP contribution in [0, 0.1) is 5.92 Å². The van der Waals surface area contributed by atoms with Crippen molar-refractivity contribution < 1.29 is 39.6 Å². The minimum Gasteiger partial charge on any atom is -0.365 e. The van der Waals surface area contributed by atoms with E-state index < -0.39 is 80.4 Å². The van der Waals surface area contributed by atoms with Crippen molar-refractivity contribution in [2.75, 3.05) is 18.0 Å². The number of carbonyl (C=O) groups excluding carboxylic acids is 1. The van der Waals surface area contributed by atoms with Gasteiger partial charge in [0.05, 0.1) is 17.0 Å². The number of amides is 1. The van der Waals surface area contributed by atoms with Gasteiger partial charge in [-0.05, 0) is 17.7 Å². The summed E-state index contributed by atoms with van der Waals surface area (Å²) < 4.78 is 102. The number of hydrogen-bond acceptors (Lipinski definition) is 6. The number of alkyl halides is 6. The van der Waals surface area contributed by atoms with Crippen molar-refractivity contribution in [3.05, 3.63) is 35.7 Å². The molecule has 4 N–H and O–H groups in total. The van der Waals surface area contributed by atoms with Crippen LogP contribution in [0.15, 0.2) is 29.6 Å². The van der Waals surface area contributed by atoms with E-state index in [0.717, 1.165) is 17.2 Å². The summed E-state index contributed by atoms with van der Waals surface area (Å²) in [7, 11) is -4.42. The Morgan fingerprint density at radius 3 is 2.23 bits per heavy atom. The maximum Gasteiger partial charge on any atom is 0.418 e. The van der Waals surface area contributed by atoms with Gasteiger partial charge in [-0.3, -0.25) is 4.79 Å². The highest BCUT2D eigenvalue weighted by Gasteiger charge is 2.49. The second kappa shape index (κ2) is 7.33. The van der Waals surface area contributed by atoms with Gasteiger partial charge in [-0.15, -0.1) is 0 Å². The molecule has 0 radical (unpaired) electrons. The smallest absolute Gasteiger partial charge is 0.365 e. The third-order valence-corrected chi connectivity index (χ3v) is 5.38. The van der Waals surface area contributed by atoms with E-state index in [-0.39, 0.29) is 0 Å². The van der Waals surface area contributed by atoms with E-state index in [1.165, 1.54) is 0 Å². The lowest BCUT2D eigenvalue weighted by Gasteiger charge is -2.41. The zero-order valence-electron chi connectivity index (χ0n) is 15.2. The van der Waals surface area contributed by atoms with Gasteiger partial charge in [-0.1, -0.05) is 0 Å². The Kier molecular flexibility index (Phi) is 5.38. The fourth-order valence-electron chi connectivity index (χ4n) is 3.07. The summed E-state index contributed by atoms with van der Waals surface area (Å²) in [5, 5.41) is 4.17. The van der Waals surface area contributed by atoms with Gasteiger partial charge in [0.25, 0.3) is 15.9 Å². The van der Waals surface area contributed by atoms with Gasteiger partial charge in [0.15, 0.2) is 5.03 Å². The van der Waals surface area contributed by atoms with Gasteiger partial charge < -0.3 is 10.6 Å². The minimum absolute atomic E-state index is 0.342. The van der Waals surface area contributed by atoms with Crippen LogP contribution in [0.1, 0.15) is 15.9 Å². The number of hydrogen-bond donors (Lipinski definition) is 2. The molecule has 0 bridgehead atoms. The molecule has 1 fully saturated rings. The average Bonchev–Trinajstić information content (AvgIpc) is 2.57. The van der Waals surface area contributed by atoms with E-state index in [1.807, 2.05) is 0 Å². The number of sulfonamides is 1. The molecule has 2 aromatic rings. The molecule has 0 saturated carbocycles. The second-order valence-corrected chi connectivity index (χ2v) is 8.19. The molecule has 3 rings (SSSR count). The van der Waals surface area contributed by atoms with E-state index in [2.05, 4.69) is 9.97 Å². The maximum atomic E-state index is 13.6. The number of pyridine rings is 2. The minimum atomic E-state index is -5.06. The van der Waals surface area contributed by atoms with E-state index in [4.69, 9.17) is 10.9 Å². The van der Waals surface area contributed by atoms with E-state index in [9.17, 15) is 39.6 Å². The average molecular weight is 469 g/mol. The quantitative estimate of drug-likeness (QED) is 0.658. The van der Waals surface area contributed by atoms with Crippen LogP contribution in [0.2, 0.25) is 0 Å². The highest BCUT2D eigenvalue weighted by Crippen LogP contribution is 2.43. The lowest BCUT2D eigenvalue weighted by atomic mass is 9.93. The number of aromatic nitrogens is 2. The van der Waals surface area contributed by atoms with E-state index >= 15 is 0 Å². The normalized spacial score (nSPS) is 15.6. The third kappa shape index (κ3) is 4.41. The number of anilines is 1. The fourth-order valence-corrected chi connectivity index (χ4v) is 3.57. The van der Waals surface area contributed by atoms with Crippen molar-refractivity contribution in [1.29, 1.82) is 0 Å². The van der Waals surface area contributed by atoms with Gasteiger partial charge in [-0.2, -0.15) is 26.3 Å². The summed E-state index contributed by atoms with van der Waals surface area (Å²) in [5.41, 5.74) is 1.75. The zero-order chi connectivity index (χ0) is 23.4. The molecule has 3 heterocycles. The molecule has 2 aromatic heterocycles. The van der Waals surface area contributed by atoms with Crippen LogP contribution in [0.5, 0.6) is 0 Å². The van der Waals surface area contributed by atoms with Crippen molar-refractivity contribution in [1.82, 2.24) is 9.97 Å². The first-order valence-electron chi connectivity index (χ1n) is 8.31. The summed E-state index contributed by atoms with van der Waals surface area (Å²) in [6.07, 6.45) is -8.40. The molecule has 1 amide bonds. The van der Waals surface area contributed by atoms with E-state index in [0.29, 0.717) is 12.3 Å². The monoisotopic (exact) mass is 469 g/mol. The van der Waals surface area contributed by atoms with E-state index in [1.54, 1.807) is 0 Å². The van der Waals surface area contributed by atoms with Gasteiger partial charge in [0, 0.05) is 31.0 Å². The van der Waals surface area contributed by atoms with Crippen LogP contribution in [0.3, 0.4) is 0 Å². The molecule has 0 aliphatic carbocycles. The molecule has 0 spiro atoms. The molecule has 168 valence electrons. The summed E-state index contributed by atoms with van der Waals surface area (Å²) >= 11 is 0. The highest BCUT2D eigenvalue weighted by molar-refractivity contribution is 7.89. The Labute approximate surface area is 170 Å². The molecule has 0 aromatic carbocycles. The van der Waals surface area contributed by atoms with Gasteiger partial charge >= 0.3 is 12.4 Å². The van der Waals surface area contributed by atoms with Gasteiger partial charge in [-0.25, -0.2) is 23.5 Å². The number of nitrogens with two attached hydrogens (primary N) is 2. The molecule has 1 saturated heterocycles. The summed E-state index contributed by atoms with van der Waals surface area (Å²) in [4.78, 5) is 20.1. The number of primary sulfonamides is 1. The standard InChI is InChI=1S/C16H13F6N5O3S/c17-15(18,19)8-5-27(6-8)14-12(13(23)28)11(9(4-26-14)16(20,21)22)7-1-2-25-10(3-7)31(24,29)30/h1-4,8H,5-6H2,(H2,23,28)(H2,24,29,30). The van der Waals surface area contributed by atoms with Gasteiger partial charge in [0.2, 0.25) is 0 Å². The topological polar surface area (TPSA) is 132 Å². The first kappa shape index (κ1) is 22.7.